The Hall–Kier alpha value is -1.92. The Kier molecular flexibility index (Phi) is 3.42. The number of pyridine rings is 1. The zero-order chi connectivity index (χ0) is 14.1. The van der Waals surface area contributed by atoms with Crippen LogP contribution in [0.15, 0.2) is 30.6 Å². The van der Waals surface area contributed by atoms with E-state index in [1.807, 2.05) is 29.3 Å². The van der Waals surface area contributed by atoms with Gasteiger partial charge in [0, 0.05) is 32.4 Å². The lowest BCUT2D eigenvalue weighted by atomic mass is 10.1. The number of aromatic nitrogens is 2. The summed E-state index contributed by atoms with van der Waals surface area (Å²) in [6.45, 7) is 2.89. The Morgan fingerprint density at radius 1 is 1.45 bits per heavy atom. The summed E-state index contributed by atoms with van der Waals surface area (Å²) >= 11 is 0. The van der Waals surface area contributed by atoms with Gasteiger partial charge in [0.2, 0.25) is 0 Å². The minimum atomic E-state index is 0.0229. The van der Waals surface area contributed by atoms with E-state index in [0.717, 1.165) is 18.6 Å². The van der Waals surface area contributed by atoms with Gasteiger partial charge in [0.25, 0.3) is 5.91 Å². The van der Waals surface area contributed by atoms with Gasteiger partial charge in [-0.25, -0.2) is 4.52 Å². The number of nitrogens with zero attached hydrogens (tertiary/aromatic N) is 4. The molecule has 1 aliphatic heterocycles. The summed E-state index contributed by atoms with van der Waals surface area (Å²) in [5, 5.41) is 4.23. The van der Waals surface area contributed by atoms with Crippen LogP contribution in [0.1, 0.15) is 10.4 Å². The van der Waals surface area contributed by atoms with Crippen molar-refractivity contribution in [2.75, 3.05) is 33.2 Å². The van der Waals surface area contributed by atoms with Crippen molar-refractivity contribution in [1.29, 1.82) is 0 Å². The third-order valence-electron chi connectivity index (χ3n) is 3.88. The molecular formula is C14H19N5O. The number of nitrogens with two attached hydrogens (primary N) is 1. The second-order valence-corrected chi connectivity index (χ2v) is 5.24. The van der Waals surface area contributed by atoms with Crippen LogP contribution in [0.4, 0.5) is 0 Å². The third-order valence-corrected chi connectivity index (χ3v) is 3.88. The average Bonchev–Trinajstić information content (AvgIpc) is 2.90. The summed E-state index contributed by atoms with van der Waals surface area (Å²) in [6, 6.07) is 5.79. The second kappa shape index (κ2) is 5.22. The zero-order valence-corrected chi connectivity index (χ0v) is 11.6. The van der Waals surface area contributed by atoms with E-state index in [4.69, 9.17) is 5.73 Å². The Bertz CT molecular complexity index is 623. The molecule has 1 atom stereocenters. The summed E-state index contributed by atoms with van der Waals surface area (Å²) in [6.07, 6.45) is 3.49. The number of hydrogen-bond donors (Lipinski definition) is 1. The van der Waals surface area contributed by atoms with Crippen molar-refractivity contribution >= 4 is 11.4 Å². The highest BCUT2D eigenvalue weighted by Gasteiger charge is 2.30. The molecule has 0 aromatic carbocycles. The van der Waals surface area contributed by atoms with Crippen LogP contribution in [0.3, 0.4) is 0 Å². The Morgan fingerprint density at radius 2 is 2.30 bits per heavy atom. The van der Waals surface area contributed by atoms with E-state index < -0.39 is 0 Å². The normalized spacial score (nSPS) is 20.5. The molecule has 6 nitrogen and oxygen atoms in total. The number of rotatable bonds is 2. The number of hydrogen-bond acceptors (Lipinski definition) is 4. The first kappa shape index (κ1) is 13.1. The molecule has 1 aliphatic rings. The molecular weight excluding hydrogens is 254 g/mol. The zero-order valence-electron chi connectivity index (χ0n) is 11.6. The van der Waals surface area contributed by atoms with E-state index in [0.29, 0.717) is 18.7 Å². The largest absolute Gasteiger partial charge is 0.332 e. The maximum absolute atomic E-state index is 12.7. The van der Waals surface area contributed by atoms with Crippen LogP contribution in [-0.4, -0.2) is 64.6 Å². The summed E-state index contributed by atoms with van der Waals surface area (Å²) in [5.74, 6) is 0.0229. The highest BCUT2D eigenvalue weighted by Crippen LogP contribution is 2.16. The topological polar surface area (TPSA) is 66.9 Å². The maximum Gasteiger partial charge on any atom is 0.258 e. The van der Waals surface area contributed by atoms with Crippen LogP contribution in [0.2, 0.25) is 0 Å². The van der Waals surface area contributed by atoms with Crippen LogP contribution >= 0.6 is 0 Å². The van der Waals surface area contributed by atoms with Crippen molar-refractivity contribution in [2.24, 2.45) is 5.73 Å². The Balaban J connectivity index is 1.91. The van der Waals surface area contributed by atoms with Crippen molar-refractivity contribution in [3.63, 3.8) is 0 Å². The van der Waals surface area contributed by atoms with E-state index in [9.17, 15) is 4.79 Å². The van der Waals surface area contributed by atoms with Gasteiger partial charge in [-0.3, -0.25) is 4.79 Å². The van der Waals surface area contributed by atoms with Gasteiger partial charge < -0.3 is 15.5 Å². The fraction of sp³-hybridized carbons (Fsp3) is 0.429. The lowest BCUT2D eigenvalue weighted by Crippen LogP contribution is -2.56. The maximum atomic E-state index is 12.7. The first-order valence-electron chi connectivity index (χ1n) is 6.82. The van der Waals surface area contributed by atoms with Crippen molar-refractivity contribution in [3.8, 4) is 0 Å². The monoisotopic (exact) mass is 273 g/mol. The van der Waals surface area contributed by atoms with Crippen LogP contribution in [0.5, 0.6) is 0 Å². The molecule has 3 heterocycles. The van der Waals surface area contributed by atoms with Crippen LogP contribution in [0, 0.1) is 0 Å². The summed E-state index contributed by atoms with van der Waals surface area (Å²) in [5.41, 5.74) is 7.31. The summed E-state index contributed by atoms with van der Waals surface area (Å²) < 4.78 is 1.72. The van der Waals surface area contributed by atoms with Gasteiger partial charge in [0.15, 0.2) is 0 Å². The molecule has 1 fully saturated rings. The number of amides is 1. The Labute approximate surface area is 117 Å². The van der Waals surface area contributed by atoms with Gasteiger partial charge in [0.05, 0.1) is 23.3 Å². The molecule has 2 aromatic heterocycles. The van der Waals surface area contributed by atoms with E-state index in [-0.39, 0.29) is 11.9 Å². The quantitative estimate of drug-likeness (QED) is 0.839. The van der Waals surface area contributed by atoms with E-state index in [2.05, 4.69) is 17.0 Å². The van der Waals surface area contributed by atoms with E-state index in [1.54, 1.807) is 10.7 Å². The van der Waals surface area contributed by atoms with Crippen LogP contribution < -0.4 is 5.73 Å². The SMILES string of the molecule is CN1CCN(C(=O)c2cnn3ccccc23)C(CN)C1. The number of carbonyl (C=O) groups is 1. The molecule has 1 amide bonds. The van der Waals surface area contributed by atoms with Crippen molar-refractivity contribution in [3.05, 3.63) is 36.2 Å². The fourth-order valence-electron chi connectivity index (χ4n) is 2.73. The van der Waals surface area contributed by atoms with Crippen molar-refractivity contribution < 1.29 is 4.79 Å². The molecule has 0 saturated carbocycles. The minimum absolute atomic E-state index is 0.0229. The van der Waals surface area contributed by atoms with Crippen LogP contribution in [-0.2, 0) is 0 Å². The highest BCUT2D eigenvalue weighted by atomic mass is 16.2. The van der Waals surface area contributed by atoms with Gasteiger partial charge in [-0.05, 0) is 19.2 Å². The molecule has 0 bridgehead atoms. The lowest BCUT2D eigenvalue weighted by molar-refractivity contribution is 0.0518. The molecule has 2 aromatic rings. The first-order chi connectivity index (χ1) is 9.70. The van der Waals surface area contributed by atoms with E-state index >= 15 is 0 Å². The number of carbonyl (C=O) groups excluding carboxylic acids is 1. The molecule has 1 unspecified atom stereocenters. The predicted molar refractivity (Wildman–Crippen MR) is 76.6 cm³/mol. The molecule has 6 heteroatoms. The van der Waals surface area contributed by atoms with Crippen LogP contribution in [0.25, 0.3) is 5.52 Å². The summed E-state index contributed by atoms with van der Waals surface area (Å²) in [7, 11) is 2.06. The van der Waals surface area contributed by atoms with Crippen molar-refractivity contribution in [2.45, 2.75) is 6.04 Å². The molecule has 1 saturated heterocycles. The lowest BCUT2D eigenvalue weighted by Gasteiger charge is -2.39. The highest BCUT2D eigenvalue weighted by molar-refractivity contribution is 6.00. The standard InChI is InChI=1S/C14H19N5O/c1-17-6-7-18(11(8-15)10-17)14(20)12-9-16-19-5-3-2-4-13(12)19/h2-5,9,11H,6-8,10,15H2,1H3. The summed E-state index contributed by atoms with van der Waals surface area (Å²) in [4.78, 5) is 16.8. The van der Waals surface area contributed by atoms with Gasteiger partial charge in [-0.1, -0.05) is 6.07 Å². The van der Waals surface area contributed by atoms with E-state index in [1.165, 1.54) is 0 Å². The average molecular weight is 273 g/mol. The molecule has 20 heavy (non-hydrogen) atoms. The smallest absolute Gasteiger partial charge is 0.258 e. The number of fused-ring (bicyclic) bond motifs is 1. The molecule has 0 spiro atoms. The third kappa shape index (κ3) is 2.17. The minimum Gasteiger partial charge on any atom is -0.332 e. The Morgan fingerprint density at radius 3 is 3.10 bits per heavy atom. The van der Waals surface area contributed by atoms with Gasteiger partial charge in [-0.2, -0.15) is 5.10 Å². The molecule has 3 rings (SSSR count). The first-order valence-corrected chi connectivity index (χ1v) is 6.82. The molecule has 0 radical (unpaired) electrons. The van der Waals surface area contributed by atoms with Crippen molar-refractivity contribution in [1.82, 2.24) is 19.4 Å². The predicted octanol–water partition coefficient (Wildman–Crippen LogP) is 0.0492. The second-order valence-electron chi connectivity index (χ2n) is 5.24. The van der Waals surface area contributed by atoms with Gasteiger partial charge in [0.1, 0.15) is 0 Å². The molecule has 106 valence electrons. The van der Waals surface area contributed by atoms with Gasteiger partial charge >= 0.3 is 0 Å². The number of likely N-dealkylation sites (N-methyl/N-ethyl adjacent to an activating group) is 1. The molecule has 2 N–H and O–H groups in total. The fourth-order valence-corrected chi connectivity index (χ4v) is 2.73. The molecule has 0 aliphatic carbocycles. The van der Waals surface area contributed by atoms with Gasteiger partial charge in [-0.15, -0.1) is 0 Å². The number of piperazine rings is 1.